The van der Waals surface area contributed by atoms with Crippen molar-refractivity contribution in [2.75, 3.05) is 0 Å². The van der Waals surface area contributed by atoms with Crippen molar-refractivity contribution in [2.45, 2.75) is 140 Å². The average Bonchev–Trinajstić information content (AvgIpc) is 2.95. The molecule has 0 aliphatic heterocycles. The van der Waals surface area contributed by atoms with Gasteiger partial charge in [-0.25, -0.2) is 0 Å². The van der Waals surface area contributed by atoms with Gasteiger partial charge in [0.05, 0.1) is 0 Å². The molecule has 0 spiro atoms. The molecule has 2 aromatic rings. The quantitative estimate of drug-likeness (QED) is 0.0622. The molecule has 49 heavy (non-hydrogen) atoms. The molecule has 0 aliphatic rings. The number of benzene rings is 2. The van der Waals surface area contributed by atoms with Crippen LogP contribution < -0.4 is 14.2 Å². The zero-order chi connectivity index (χ0) is 37.6. The number of allylic oxidation sites excluding steroid dienone is 2. The fraction of sp³-hybridized carbons (Fsp3) is 0.550. The Kier molecular flexibility index (Phi) is 15.1. The van der Waals surface area contributed by atoms with E-state index < -0.39 is 30.3 Å². The van der Waals surface area contributed by atoms with Gasteiger partial charge in [0.25, 0.3) is 0 Å². The van der Waals surface area contributed by atoms with Crippen molar-refractivity contribution < 1.29 is 42.1 Å². The molecule has 0 N–H and O–H groups in total. The van der Waals surface area contributed by atoms with Crippen LogP contribution in [-0.4, -0.2) is 28.4 Å². The van der Waals surface area contributed by atoms with Crippen LogP contribution in [-0.2, 0) is 38.7 Å². The first kappa shape index (κ1) is 42.8. The molecule has 0 fully saturated rings. The fourth-order valence-corrected chi connectivity index (χ4v) is 7.30. The number of carbonyl (C=O) groups excluding carboxylic acids is 3. The Morgan fingerprint density at radius 1 is 0.837 bits per heavy atom. The third-order valence-corrected chi connectivity index (χ3v) is 10.6. The number of hydrogen-bond donors (Lipinski definition) is 0. The number of halogens is 2. The van der Waals surface area contributed by atoms with E-state index in [1.165, 1.54) is 5.57 Å². The molecular weight excluding hydrogens is 748 g/mol. The summed E-state index contributed by atoms with van der Waals surface area (Å²) in [4.78, 5) is 39.3. The van der Waals surface area contributed by atoms with Crippen molar-refractivity contribution in [1.82, 2.24) is 0 Å². The van der Waals surface area contributed by atoms with Gasteiger partial charge >= 0.3 is 191 Å². The summed E-state index contributed by atoms with van der Waals surface area (Å²) in [6.07, 6.45) is 3.21. The fourth-order valence-electron chi connectivity index (χ4n) is 5.51. The van der Waals surface area contributed by atoms with Crippen LogP contribution in [0.1, 0.15) is 135 Å². The molecule has 0 unspecified atom stereocenters. The molecular formula is C40H56Cl2O6Ru. The van der Waals surface area contributed by atoms with Gasteiger partial charge < -0.3 is 4.74 Å². The number of rotatable bonds is 14. The number of carbonyl (C=O) groups is 3. The summed E-state index contributed by atoms with van der Waals surface area (Å²) in [5, 5.41) is 0. The summed E-state index contributed by atoms with van der Waals surface area (Å²) in [5.74, 6) is 0.472. The van der Waals surface area contributed by atoms with Crippen LogP contribution in [0.15, 0.2) is 29.8 Å². The zero-order valence-corrected chi connectivity index (χ0v) is 35.1. The van der Waals surface area contributed by atoms with Gasteiger partial charge in [-0.3, -0.25) is 9.59 Å². The summed E-state index contributed by atoms with van der Waals surface area (Å²) in [7, 11) is 12.5. The van der Waals surface area contributed by atoms with Crippen molar-refractivity contribution in [2.24, 2.45) is 5.41 Å². The van der Waals surface area contributed by atoms with Crippen molar-refractivity contribution in [1.29, 1.82) is 0 Å². The minimum atomic E-state index is -2.11. The third kappa shape index (κ3) is 12.1. The number of ketones is 1. The zero-order valence-electron chi connectivity index (χ0n) is 31.9. The first-order valence-electron chi connectivity index (χ1n) is 16.7. The second-order valence-electron chi connectivity index (χ2n) is 15.7. The van der Waals surface area contributed by atoms with Crippen LogP contribution in [0.3, 0.4) is 0 Å². The van der Waals surface area contributed by atoms with Crippen molar-refractivity contribution in [3.63, 3.8) is 0 Å². The van der Waals surface area contributed by atoms with Gasteiger partial charge in [0, 0.05) is 5.41 Å². The molecule has 0 aromatic heterocycles. The summed E-state index contributed by atoms with van der Waals surface area (Å²) >= 11 is -2.11. The molecule has 6 nitrogen and oxygen atoms in total. The van der Waals surface area contributed by atoms with Crippen LogP contribution in [0.4, 0.5) is 0 Å². The Morgan fingerprint density at radius 2 is 1.41 bits per heavy atom. The molecule has 0 saturated carbocycles. The van der Waals surface area contributed by atoms with Crippen LogP contribution >= 0.6 is 19.4 Å². The Hall–Kier alpha value is -2.34. The van der Waals surface area contributed by atoms with E-state index in [2.05, 4.69) is 33.8 Å². The molecule has 274 valence electrons. The number of Topliss-reactive ketones (excluding diaryl/α,β-unsaturated/α-hetero) is 1. The average molecular weight is 805 g/mol. The van der Waals surface area contributed by atoms with E-state index in [0.717, 1.165) is 22.4 Å². The summed E-state index contributed by atoms with van der Waals surface area (Å²) in [6, 6.07) is 6.01. The molecule has 0 heterocycles. The van der Waals surface area contributed by atoms with E-state index in [4.69, 9.17) is 33.6 Å². The van der Waals surface area contributed by atoms with Gasteiger partial charge in [-0.2, -0.15) is 0 Å². The molecule has 0 saturated heterocycles. The van der Waals surface area contributed by atoms with Crippen molar-refractivity contribution in [3.8, 4) is 17.2 Å². The van der Waals surface area contributed by atoms with Gasteiger partial charge in [-0.15, -0.1) is 0 Å². The topological polar surface area (TPSA) is 78.9 Å². The summed E-state index contributed by atoms with van der Waals surface area (Å²) in [5.41, 5.74) is 4.47. The number of hydrogen-bond acceptors (Lipinski definition) is 6. The molecule has 0 bridgehead atoms. The van der Waals surface area contributed by atoms with Crippen LogP contribution in [0.25, 0.3) is 0 Å². The predicted molar refractivity (Wildman–Crippen MR) is 199 cm³/mol. The maximum absolute atomic E-state index is 13.7. The molecule has 0 aliphatic carbocycles. The molecule has 0 radical (unpaired) electrons. The number of esters is 2. The second kappa shape index (κ2) is 17.3. The molecule has 9 heteroatoms. The first-order valence-corrected chi connectivity index (χ1v) is 22.2. The van der Waals surface area contributed by atoms with Crippen molar-refractivity contribution in [3.05, 3.63) is 63.2 Å². The van der Waals surface area contributed by atoms with Gasteiger partial charge in [0.1, 0.15) is 18.0 Å². The minimum absolute atomic E-state index is 0.00140. The van der Waals surface area contributed by atoms with E-state index in [0.29, 0.717) is 41.0 Å². The summed E-state index contributed by atoms with van der Waals surface area (Å²) < 4.78 is 20.0. The molecule has 0 amide bonds. The van der Waals surface area contributed by atoms with Gasteiger partial charge in [-0.05, 0) is 34.1 Å². The maximum atomic E-state index is 13.7. The molecule has 0 atom stereocenters. The van der Waals surface area contributed by atoms with Crippen LogP contribution in [0, 0.1) is 26.2 Å². The third-order valence-electron chi connectivity index (χ3n) is 8.75. The van der Waals surface area contributed by atoms with E-state index in [1.807, 2.05) is 71.3 Å². The molecule has 2 aromatic carbocycles. The van der Waals surface area contributed by atoms with E-state index in [9.17, 15) is 14.4 Å². The van der Waals surface area contributed by atoms with Gasteiger partial charge in [-0.1, -0.05) is 46.3 Å². The van der Waals surface area contributed by atoms with E-state index >= 15 is 0 Å². The SMILES string of the molecule is CC(C)=CCC(C)(C)c1c(C)c(OC(=O)CC(=O)C(C)(C)C)c(C)c(C)c1OC(=O)CCC(C)(C)c1ccc(OC(C)C)c([CH]=[Ru]([Cl])[Cl])c1. The van der Waals surface area contributed by atoms with E-state index in [-0.39, 0.29) is 36.1 Å². The standard InChI is InChI=1S/C40H56O6.2ClH.Ru/c1-24(2)18-20-40(14,15)35-29(8)36(46-34(43)23-32(41)38(9,10)11)27(6)28(7)37(35)45-33(42)19-21-39(12,13)30-16-17-31(26(5)22-30)44-25(3)4;;;/h5,16-18,22,25H,19-21,23H2,1-4,6-15H3;2*1H;/q;;;+2/p-2. The first-order chi connectivity index (χ1) is 22.4. The number of ether oxygens (including phenoxy) is 3. The molecule has 2 rings (SSSR count). The van der Waals surface area contributed by atoms with Gasteiger partial charge in [0.15, 0.2) is 0 Å². The van der Waals surface area contributed by atoms with Crippen molar-refractivity contribution >= 4 is 41.7 Å². The second-order valence-corrected chi connectivity index (χ2v) is 21.4. The van der Waals surface area contributed by atoms with Crippen LogP contribution in [0.5, 0.6) is 17.2 Å². The summed E-state index contributed by atoms with van der Waals surface area (Å²) in [6.45, 7) is 27.4. The monoisotopic (exact) mass is 804 g/mol. The van der Waals surface area contributed by atoms with E-state index in [1.54, 1.807) is 20.8 Å². The normalized spacial score (nSPS) is 12.4. The Balaban J connectivity index is 2.50. The Morgan fingerprint density at radius 3 is 1.94 bits per heavy atom. The Labute approximate surface area is 307 Å². The predicted octanol–water partition coefficient (Wildman–Crippen LogP) is 10.7. The van der Waals surface area contributed by atoms with Crippen LogP contribution in [0.2, 0.25) is 0 Å². The Bertz CT molecular complexity index is 1620. The van der Waals surface area contributed by atoms with Gasteiger partial charge in [0.2, 0.25) is 0 Å².